The molecule has 132 valence electrons. The van der Waals surface area contributed by atoms with E-state index in [0.29, 0.717) is 19.4 Å². The van der Waals surface area contributed by atoms with Crippen LogP contribution in [0, 0.1) is 5.92 Å². The summed E-state index contributed by atoms with van der Waals surface area (Å²) < 4.78 is 38.5. The molecule has 1 aromatic rings. The van der Waals surface area contributed by atoms with Crippen molar-refractivity contribution in [2.24, 2.45) is 5.92 Å². The van der Waals surface area contributed by atoms with Crippen LogP contribution >= 0.6 is 0 Å². The van der Waals surface area contributed by atoms with Crippen molar-refractivity contribution in [3.63, 3.8) is 0 Å². The third kappa shape index (κ3) is 4.23. The Bertz CT molecular complexity index is 593. The number of nitrogens with one attached hydrogen (secondary N) is 1. The van der Waals surface area contributed by atoms with E-state index in [1.165, 1.54) is 6.33 Å². The van der Waals surface area contributed by atoms with Crippen LogP contribution in [0.5, 0.6) is 0 Å². The van der Waals surface area contributed by atoms with Gasteiger partial charge in [0.25, 0.3) is 0 Å². The van der Waals surface area contributed by atoms with Gasteiger partial charge in [0.2, 0.25) is 5.91 Å². The number of carbonyl (C=O) groups excluding carboxylic acids is 1. The minimum Gasteiger partial charge on any atom is -0.352 e. The molecule has 1 saturated carbocycles. The van der Waals surface area contributed by atoms with E-state index in [1.807, 2.05) is 4.90 Å². The first-order valence-corrected chi connectivity index (χ1v) is 8.28. The van der Waals surface area contributed by atoms with E-state index >= 15 is 0 Å². The number of aromatic nitrogens is 2. The monoisotopic (exact) mass is 342 g/mol. The molecule has 1 N–H and O–H groups in total. The second kappa shape index (κ2) is 7.04. The van der Waals surface area contributed by atoms with Crippen molar-refractivity contribution in [3.05, 3.63) is 23.8 Å². The molecule has 0 radical (unpaired) electrons. The largest absolute Gasteiger partial charge is 0.391 e. The fraction of sp³-hybridized carbons (Fsp3) is 0.688. The number of fused-ring (bicyclic) bond motifs is 1. The molecule has 1 amide bonds. The third-order valence-electron chi connectivity index (χ3n) is 4.82. The molecule has 0 unspecified atom stereocenters. The van der Waals surface area contributed by atoms with Crippen LogP contribution in [0.1, 0.15) is 36.9 Å². The Balaban J connectivity index is 1.49. The van der Waals surface area contributed by atoms with Gasteiger partial charge >= 0.3 is 6.18 Å². The molecule has 0 spiro atoms. The molecule has 1 aliphatic heterocycles. The van der Waals surface area contributed by atoms with Crippen molar-refractivity contribution < 1.29 is 18.0 Å². The molecule has 1 aliphatic carbocycles. The lowest BCUT2D eigenvalue weighted by molar-refractivity contribution is -0.184. The van der Waals surface area contributed by atoms with E-state index in [2.05, 4.69) is 15.3 Å². The molecule has 2 heterocycles. The van der Waals surface area contributed by atoms with Crippen molar-refractivity contribution in [2.45, 2.75) is 50.9 Å². The zero-order valence-electron chi connectivity index (χ0n) is 13.4. The van der Waals surface area contributed by atoms with Crippen LogP contribution in [0.25, 0.3) is 0 Å². The summed E-state index contributed by atoms with van der Waals surface area (Å²) in [5.41, 5.74) is 2.01. The second-order valence-corrected chi connectivity index (χ2v) is 6.62. The third-order valence-corrected chi connectivity index (χ3v) is 4.82. The maximum Gasteiger partial charge on any atom is 0.391 e. The lowest BCUT2D eigenvalue weighted by Crippen LogP contribution is -2.46. The van der Waals surface area contributed by atoms with Gasteiger partial charge in [-0.15, -0.1) is 0 Å². The van der Waals surface area contributed by atoms with Crippen molar-refractivity contribution in [3.8, 4) is 0 Å². The molecule has 24 heavy (non-hydrogen) atoms. The summed E-state index contributed by atoms with van der Waals surface area (Å²) in [7, 11) is 0. The Morgan fingerprint density at radius 2 is 2.21 bits per heavy atom. The number of nitrogens with zero attached hydrogens (tertiary/aromatic N) is 3. The highest BCUT2D eigenvalue weighted by atomic mass is 19.4. The zero-order valence-corrected chi connectivity index (χ0v) is 13.4. The number of carbonyl (C=O) groups is 1. The summed E-state index contributed by atoms with van der Waals surface area (Å²) in [5.74, 6) is -1.50. The number of hydrogen-bond donors (Lipinski definition) is 1. The van der Waals surface area contributed by atoms with Crippen LogP contribution in [0.15, 0.2) is 12.5 Å². The van der Waals surface area contributed by atoms with Gasteiger partial charge in [0, 0.05) is 25.3 Å². The Kier molecular flexibility index (Phi) is 5.03. The smallest absolute Gasteiger partial charge is 0.352 e. The Morgan fingerprint density at radius 3 is 3.00 bits per heavy atom. The lowest BCUT2D eigenvalue weighted by Gasteiger charge is -2.32. The highest BCUT2D eigenvalue weighted by Gasteiger charge is 2.42. The molecule has 1 fully saturated rings. The molecule has 2 atom stereocenters. The normalized spacial score (nSPS) is 25.1. The molecule has 8 heteroatoms. The minimum absolute atomic E-state index is 0.00863. The first-order valence-electron chi connectivity index (χ1n) is 8.28. The van der Waals surface area contributed by atoms with Crippen molar-refractivity contribution >= 4 is 5.91 Å². The van der Waals surface area contributed by atoms with E-state index < -0.39 is 12.1 Å². The summed E-state index contributed by atoms with van der Waals surface area (Å²) in [6.45, 7) is 1.49. The summed E-state index contributed by atoms with van der Waals surface area (Å²) >= 11 is 0. The minimum atomic E-state index is -4.17. The number of hydrogen-bond acceptors (Lipinski definition) is 4. The molecule has 0 bridgehead atoms. The molecular formula is C16H21F3N4O. The van der Waals surface area contributed by atoms with Gasteiger partial charge < -0.3 is 5.32 Å². The van der Waals surface area contributed by atoms with Crippen LogP contribution in [0.2, 0.25) is 0 Å². The first-order chi connectivity index (χ1) is 11.4. The van der Waals surface area contributed by atoms with Crippen LogP contribution < -0.4 is 5.32 Å². The second-order valence-electron chi connectivity index (χ2n) is 6.62. The van der Waals surface area contributed by atoms with Crippen LogP contribution in [-0.2, 0) is 17.8 Å². The standard InChI is InChI=1S/C16H21F3N4O/c17-16(18,19)12-2-1-3-13(6-12)22-15(24)9-23-5-4-11-7-20-10-21-14(11)8-23/h7,10,12-13H,1-6,8-9H2,(H,22,24)/t12-,13+/m1/s1. The average Bonchev–Trinajstić information content (AvgIpc) is 2.54. The van der Waals surface area contributed by atoms with Crippen molar-refractivity contribution in [2.75, 3.05) is 13.1 Å². The van der Waals surface area contributed by atoms with E-state index in [4.69, 9.17) is 0 Å². The average molecular weight is 342 g/mol. The molecule has 2 aliphatic rings. The number of rotatable bonds is 3. The van der Waals surface area contributed by atoms with Gasteiger partial charge in [0.05, 0.1) is 18.2 Å². The number of amides is 1. The van der Waals surface area contributed by atoms with Crippen LogP contribution in [0.3, 0.4) is 0 Å². The maximum atomic E-state index is 12.8. The first kappa shape index (κ1) is 17.1. The maximum absolute atomic E-state index is 12.8. The van der Waals surface area contributed by atoms with Gasteiger partial charge in [-0.1, -0.05) is 6.42 Å². The Morgan fingerprint density at radius 1 is 1.38 bits per heavy atom. The van der Waals surface area contributed by atoms with Gasteiger partial charge in [-0.2, -0.15) is 13.2 Å². The van der Waals surface area contributed by atoms with E-state index in [-0.39, 0.29) is 31.3 Å². The number of halogens is 3. The van der Waals surface area contributed by atoms with Gasteiger partial charge in [-0.3, -0.25) is 9.69 Å². The molecule has 3 rings (SSSR count). The quantitative estimate of drug-likeness (QED) is 0.914. The van der Waals surface area contributed by atoms with Gasteiger partial charge in [0.1, 0.15) is 6.33 Å². The number of alkyl halides is 3. The highest BCUT2D eigenvalue weighted by Crippen LogP contribution is 2.37. The SMILES string of the molecule is O=C(CN1CCc2cncnc2C1)N[C@H]1CCC[C@@H](C(F)(F)F)C1. The fourth-order valence-electron chi connectivity index (χ4n) is 3.53. The summed E-state index contributed by atoms with van der Waals surface area (Å²) in [5, 5.41) is 2.78. The fourth-order valence-corrected chi connectivity index (χ4v) is 3.53. The zero-order chi connectivity index (χ0) is 17.2. The lowest BCUT2D eigenvalue weighted by atomic mass is 9.85. The summed E-state index contributed by atoms with van der Waals surface area (Å²) in [6, 6.07) is -0.378. The summed E-state index contributed by atoms with van der Waals surface area (Å²) in [4.78, 5) is 22.4. The predicted octanol–water partition coefficient (Wildman–Crippen LogP) is 2.07. The molecule has 0 saturated heterocycles. The Labute approximate surface area is 138 Å². The highest BCUT2D eigenvalue weighted by molar-refractivity contribution is 5.78. The van der Waals surface area contributed by atoms with Gasteiger partial charge in [0.15, 0.2) is 0 Å². The molecular weight excluding hydrogens is 321 g/mol. The van der Waals surface area contributed by atoms with Gasteiger partial charge in [-0.25, -0.2) is 9.97 Å². The molecule has 0 aromatic carbocycles. The van der Waals surface area contributed by atoms with Gasteiger partial charge in [-0.05, 0) is 31.2 Å². The van der Waals surface area contributed by atoms with Crippen molar-refractivity contribution in [1.29, 1.82) is 0 Å². The predicted molar refractivity (Wildman–Crippen MR) is 81.0 cm³/mol. The molecule has 5 nitrogen and oxygen atoms in total. The van der Waals surface area contributed by atoms with E-state index in [0.717, 1.165) is 24.2 Å². The van der Waals surface area contributed by atoms with E-state index in [9.17, 15) is 18.0 Å². The van der Waals surface area contributed by atoms with Crippen LogP contribution in [-0.4, -0.2) is 46.1 Å². The molecule has 1 aromatic heterocycles. The van der Waals surface area contributed by atoms with E-state index in [1.54, 1.807) is 6.20 Å². The van der Waals surface area contributed by atoms with Crippen LogP contribution in [0.4, 0.5) is 13.2 Å². The van der Waals surface area contributed by atoms with Crippen molar-refractivity contribution in [1.82, 2.24) is 20.2 Å². The Hall–Kier alpha value is -1.70. The topological polar surface area (TPSA) is 58.1 Å². The summed E-state index contributed by atoms with van der Waals surface area (Å²) in [6.07, 6.45) is 1.17.